The van der Waals surface area contributed by atoms with Gasteiger partial charge >= 0.3 is 6.18 Å². The average Bonchev–Trinajstić information content (AvgIpc) is 3.34. The molecule has 0 bridgehead atoms. The maximum atomic E-state index is 13.1. The van der Waals surface area contributed by atoms with E-state index in [4.69, 9.17) is 4.42 Å². The molecule has 0 atom stereocenters. The first-order valence-electron chi connectivity index (χ1n) is 9.01. The molecule has 0 spiro atoms. The number of carbonyl (C=O) groups is 1. The summed E-state index contributed by atoms with van der Waals surface area (Å²) in [5, 5.41) is 13.2. The van der Waals surface area contributed by atoms with Gasteiger partial charge in [-0.15, -0.1) is 0 Å². The van der Waals surface area contributed by atoms with Gasteiger partial charge in [0.2, 0.25) is 0 Å². The second kappa shape index (κ2) is 8.35. The number of nitro groups is 1. The highest BCUT2D eigenvalue weighted by Crippen LogP contribution is 2.37. The molecule has 2 aromatic carbocycles. The van der Waals surface area contributed by atoms with Crippen LogP contribution in [0.15, 0.2) is 75.0 Å². The summed E-state index contributed by atoms with van der Waals surface area (Å²) >= 11 is 0.886. The molecule has 32 heavy (non-hydrogen) atoms. The highest BCUT2D eigenvalue weighted by molar-refractivity contribution is 8.18. The van der Waals surface area contributed by atoms with Crippen LogP contribution in [0, 0.1) is 10.1 Å². The van der Waals surface area contributed by atoms with Crippen LogP contribution in [-0.2, 0) is 11.0 Å². The first-order chi connectivity index (χ1) is 15.2. The number of alkyl halides is 3. The number of rotatable bonds is 4. The molecule has 4 rings (SSSR count). The van der Waals surface area contributed by atoms with E-state index in [0.717, 1.165) is 17.8 Å². The van der Waals surface area contributed by atoms with Gasteiger partial charge in [0.1, 0.15) is 11.5 Å². The van der Waals surface area contributed by atoms with Crippen molar-refractivity contribution in [2.75, 3.05) is 0 Å². The molecule has 1 N–H and O–H groups in total. The van der Waals surface area contributed by atoms with Crippen molar-refractivity contribution in [1.29, 1.82) is 0 Å². The van der Waals surface area contributed by atoms with Gasteiger partial charge in [-0.3, -0.25) is 14.9 Å². The van der Waals surface area contributed by atoms with E-state index in [-0.39, 0.29) is 21.4 Å². The normalized spacial score (nSPS) is 16.5. The highest BCUT2D eigenvalue weighted by Gasteiger charge is 2.34. The van der Waals surface area contributed by atoms with Gasteiger partial charge in [-0.2, -0.15) is 13.2 Å². The summed E-state index contributed by atoms with van der Waals surface area (Å²) in [4.78, 5) is 26.6. The summed E-state index contributed by atoms with van der Waals surface area (Å²) < 4.78 is 45.1. The van der Waals surface area contributed by atoms with Crippen molar-refractivity contribution >= 4 is 40.3 Å². The molecule has 1 amide bonds. The van der Waals surface area contributed by atoms with E-state index in [1.54, 1.807) is 12.1 Å². The molecule has 1 saturated heterocycles. The van der Waals surface area contributed by atoms with Gasteiger partial charge in [-0.1, -0.05) is 12.1 Å². The van der Waals surface area contributed by atoms with Gasteiger partial charge in [0.15, 0.2) is 5.17 Å². The summed E-state index contributed by atoms with van der Waals surface area (Å²) in [7, 11) is 0. The van der Waals surface area contributed by atoms with Crippen molar-refractivity contribution in [3.05, 3.63) is 87.0 Å². The predicted octanol–water partition coefficient (Wildman–Crippen LogP) is 5.77. The van der Waals surface area contributed by atoms with Crippen LogP contribution in [0.2, 0.25) is 0 Å². The Kier molecular flexibility index (Phi) is 5.57. The molecule has 1 aliphatic rings. The number of hydrogen-bond donors (Lipinski definition) is 1. The number of halogens is 3. The number of non-ortho nitro benzene ring substituents is 1. The zero-order chi connectivity index (χ0) is 22.9. The lowest BCUT2D eigenvalue weighted by atomic mass is 10.1. The molecular weight excluding hydrogens is 447 g/mol. The second-order valence-electron chi connectivity index (χ2n) is 6.50. The van der Waals surface area contributed by atoms with Crippen molar-refractivity contribution in [2.24, 2.45) is 4.99 Å². The van der Waals surface area contributed by atoms with Crippen LogP contribution in [0.5, 0.6) is 0 Å². The molecule has 1 aromatic heterocycles. The van der Waals surface area contributed by atoms with Gasteiger partial charge in [-0.05, 0) is 48.2 Å². The van der Waals surface area contributed by atoms with Crippen molar-refractivity contribution in [1.82, 2.24) is 5.32 Å². The number of nitrogens with one attached hydrogen (secondary N) is 1. The number of thioether (sulfide) groups is 1. The smallest absolute Gasteiger partial charge is 0.418 e. The monoisotopic (exact) mass is 459 g/mol. The molecule has 1 fully saturated rings. The van der Waals surface area contributed by atoms with E-state index in [0.29, 0.717) is 17.1 Å². The number of amides is 1. The summed E-state index contributed by atoms with van der Waals surface area (Å²) in [5.74, 6) is 0.239. The summed E-state index contributed by atoms with van der Waals surface area (Å²) in [6.07, 6.45) is -3.14. The lowest BCUT2D eigenvalue weighted by Crippen LogP contribution is -2.19. The summed E-state index contributed by atoms with van der Waals surface area (Å²) in [6.45, 7) is 0. The number of carbonyl (C=O) groups excluding carboxylic acids is 1. The fourth-order valence-electron chi connectivity index (χ4n) is 2.86. The topological polar surface area (TPSA) is 97.7 Å². The number of nitrogens with zero attached hydrogens (tertiary/aromatic N) is 2. The van der Waals surface area contributed by atoms with Crippen molar-refractivity contribution in [3.63, 3.8) is 0 Å². The highest BCUT2D eigenvalue weighted by atomic mass is 32.2. The van der Waals surface area contributed by atoms with Crippen LogP contribution in [-0.4, -0.2) is 16.0 Å². The van der Waals surface area contributed by atoms with Crippen LogP contribution in [0.3, 0.4) is 0 Å². The van der Waals surface area contributed by atoms with Crippen LogP contribution in [0.1, 0.15) is 11.3 Å². The molecule has 1 aliphatic heterocycles. The fraction of sp³-hybridized carbons (Fsp3) is 0.0476. The lowest BCUT2D eigenvalue weighted by molar-refractivity contribution is -0.384. The molecular formula is C21H12F3N3O4S. The van der Waals surface area contributed by atoms with E-state index < -0.39 is 22.6 Å². The minimum Gasteiger partial charge on any atom is -0.457 e. The Morgan fingerprint density at radius 2 is 1.78 bits per heavy atom. The standard InChI is InChI=1S/C21H12F3N3O4S/c22-21(23,24)15-3-1-2-4-16(15)25-20-26-19(28)18(32-20)11-14-9-10-17(31-14)12-5-7-13(8-6-12)27(29)30/h1-11H,(H,25,26,28). The Hall–Kier alpha value is -3.86. The van der Waals surface area contributed by atoms with Crippen molar-refractivity contribution in [2.45, 2.75) is 6.18 Å². The number of benzene rings is 2. The Labute approximate surface area is 182 Å². The first-order valence-corrected chi connectivity index (χ1v) is 9.83. The summed E-state index contributed by atoms with van der Waals surface area (Å²) in [6, 6.07) is 13.8. The van der Waals surface area contributed by atoms with E-state index in [1.165, 1.54) is 48.5 Å². The number of amidine groups is 1. The van der Waals surface area contributed by atoms with E-state index in [9.17, 15) is 28.1 Å². The van der Waals surface area contributed by atoms with Crippen LogP contribution in [0.25, 0.3) is 17.4 Å². The van der Waals surface area contributed by atoms with E-state index in [2.05, 4.69) is 10.3 Å². The molecule has 11 heteroatoms. The number of nitro benzene ring substituents is 1. The number of hydrogen-bond acceptors (Lipinski definition) is 6. The largest absolute Gasteiger partial charge is 0.457 e. The lowest BCUT2D eigenvalue weighted by Gasteiger charge is -2.09. The number of para-hydroxylation sites is 1. The van der Waals surface area contributed by atoms with Gasteiger partial charge in [0.05, 0.1) is 21.1 Å². The zero-order valence-electron chi connectivity index (χ0n) is 15.9. The quantitative estimate of drug-likeness (QED) is 0.304. The molecule has 7 nitrogen and oxygen atoms in total. The third-order valence-electron chi connectivity index (χ3n) is 4.35. The predicted molar refractivity (Wildman–Crippen MR) is 113 cm³/mol. The third-order valence-corrected chi connectivity index (χ3v) is 5.25. The van der Waals surface area contributed by atoms with E-state index >= 15 is 0 Å². The number of furan rings is 1. The van der Waals surface area contributed by atoms with E-state index in [1.807, 2.05) is 0 Å². The number of aliphatic imine (C=N–C) groups is 1. The SMILES string of the molecule is O=C1NC(=Nc2ccccc2C(F)(F)F)SC1=Cc1ccc(-c2ccc([N+](=O)[O-])cc2)o1. The molecule has 162 valence electrons. The van der Waals surface area contributed by atoms with Crippen molar-refractivity contribution in [3.8, 4) is 11.3 Å². The van der Waals surface area contributed by atoms with Crippen LogP contribution < -0.4 is 5.32 Å². The van der Waals surface area contributed by atoms with Crippen LogP contribution in [0.4, 0.5) is 24.5 Å². The minimum atomic E-state index is -4.57. The zero-order valence-corrected chi connectivity index (χ0v) is 16.7. The van der Waals surface area contributed by atoms with Gasteiger partial charge < -0.3 is 9.73 Å². The first kappa shape index (κ1) is 21.4. The molecule has 0 radical (unpaired) electrons. The second-order valence-corrected chi connectivity index (χ2v) is 7.53. The molecule has 0 saturated carbocycles. The molecule has 3 aromatic rings. The average molecular weight is 459 g/mol. The maximum Gasteiger partial charge on any atom is 0.418 e. The van der Waals surface area contributed by atoms with Gasteiger partial charge in [0.25, 0.3) is 11.6 Å². The summed E-state index contributed by atoms with van der Waals surface area (Å²) in [5.41, 5.74) is -0.656. The molecule has 2 heterocycles. The van der Waals surface area contributed by atoms with Crippen LogP contribution >= 0.6 is 11.8 Å². The Balaban J connectivity index is 1.55. The Morgan fingerprint density at radius 1 is 1.06 bits per heavy atom. The molecule has 0 unspecified atom stereocenters. The maximum absolute atomic E-state index is 13.1. The van der Waals surface area contributed by atoms with Crippen molar-refractivity contribution < 1.29 is 27.3 Å². The Morgan fingerprint density at radius 3 is 2.47 bits per heavy atom. The van der Waals surface area contributed by atoms with Gasteiger partial charge in [-0.25, -0.2) is 4.99 Å². The molecule has 0 aliphatic carbocycles. The van der Waals surface area contributed by atoms with Gasteiger partial charge in [0, 0.05) is 23.8 Å². The third kappa shape index (κ3) is 4.57. The fourth-order valence-corrected chi connectivity index (χ4v) is 3.68. The Bertz CT molecular complexity index is 1260. The minimum absolute atomic E-state index is 0.0140.